The fraction of sp³-hybridized carbons (Fsp3) is 0.875. The molecular formula is C8H4F12O4. The summed E-state index contributed by atoms with van der Waals surface area (Å²) in [6.45, 7) is -3.29. The molecule has 0 rings (SSSR count). The molecule has 0 saturated heterocycles. The lowest BCUT2D eigenvalue weighted by molar-refractivity contribution is -0.477. The van der Waals surface area contributed by atoms with E-state index in [0.29, 0.717) is 0 Å². The molecule has 0 spiro atoms. The molecule has 0 amide bonds. The molecule has 0 aromatic carbocycles. The van der Waals surface area contributed by atoms with Crippen LogP contribution in [0.15, 0.2) is 0 Å². The number of alkyl halides is 12. The fourth-order valence-electron chi connectivity index (χ4n) is 0.993. The molecule has 1 N–H and O–H groups in total. The van der Waals surface area contributed by atoms with Crippen molar-refractivity contribution >= 4 is 5.97 Å². The highest BCUT2D eigenvalue weighted by Gasteiger charge is 2.76. The highest BCUT2D eigenvalue weighted by molar-refractivity contribution is 5.73. The third-order valence-electron chi connectivity index (χ3n) is 1.96. The number of halogens is 12. The van der Waals surface area contributed by atoms with Crippen LogP contribution in [0.4, 0.5) is 52.7 Å². The molecule has 0 bridgehead atoms. The molecule has 0 aliphatic heterocycles. The number of ether oxygens (including phenoxy) is 2. The van der Waals surface area contributed by atoms with Gasteiger partial charge in [-0.2, -0.15) is 52.7 Å². The Morgan fingerprint density at radius 3 is 1.54 bits per heavy atom. The normalized spacial score (nSPS) is 18.2. The van der Waals surface area contributed by atoms with Gasteiger partial charge >= 0.3 is 36.5 Å². The molecule has 144 valence electrons. The van der Waals surface area contributed by atoms with Crippen molar-refractivity contribution in [1.82, 2.24) is 0 Å². The Kier molecular flexibility index (Phi) is 6.06. The van der Waals surface area contributed by atoms with E-state index in [0.717, 1.165) is 0 Å². The Hall–Kier alpha value is -1.45. The van der Waals surface area contributed by atoms with Gasteiger partial charge in [-0.3, -0.25) is 4.74 Å². The molecule has 2 atom stereocenters. The lowest BCUT2D eigenvalue weighted by atomic mass is 10.2. The lowest BCUT2D eigenvalue weighted by Gasteiger charge is -2.35. The van der Waals surface area contributed by atoms with Gasteiger partial charge in [-0.25, -0.2) is 4.79 Å². The maximum atomic E-state index is 13.3. The van der Waals surface area contributed by atoms with Crippen LogP contribution in [-0.4, -0.2) is 54.3 Å². The number of hydrogen-bond donors (Lipinski definition) is 1. The Morgan fingerprint density at radius 1 is 0.875 bits per heavy atom. The molecular weight excluding hydrogens is 388 g/mol. The van der Waals surface area contributed by atoms with Crippen LogP contribution in [0.3, 0.4) is 0 Å². The van der Waals surface area contributed by atoms with Crippen LogP contribution < -0.4 is 0 Å². The monoisotopic (exact) mass is 392 g/mol. The summed E-state index contributed by atoms with van der Waals surface area (Å²) < 4.78 is 152. The first kappa shape index (κ1) is 22.6. The number of carboxylic acids is 1. The number of rotatable bonds is 6. The van der Waals surface area contributed by atoms with Crippen LogP contribution in [0.1, 0.15) is 0 Å². The van der Waals surface area contributed by atoms with Crippen LogP contribution in [0.5, 0.6) is 0 Å². The maximum absolute atomic E-state index is 13.3. The molecule has 0 heterocycles. The van der Waals surface area contributed by atoms with Crippen molar-refractivity contribution in [1.29, 1.82) is 0 Å². The van der Waals surface area contributed by atoms with Gasteiger partial charge in [0.1, 0.15) is 6.61 Å². The Morgan fingerprint density at radius 2 is 1.29 bits per heavy atom. The number of carbonyl (C=O) groups is 1. The van der Waals surface area contributed by atoms with E-state index in [2.05, 4.69) is 9.47 Å². The van der Waals surface area contributed by atoms with Gasteiger partial charge in [-0.1, -0.05) is 0 Å². The highest BCUT2D eigenvalue weighted by Crippen LogP contribution is 2.48. The number of aliphatic carboxylic acids is 1. The average Bonchev–Trinajstić information content (AvgIpc) is 2.28. The molecule has 16 heteroatoms. The van der Waals surface area contributed by atoms with Crippen molar-refractivity contribution in [3.63, 3.8) is 0 Å². The summed E-state index contributed by atoms with van der Waals surface area (Å²) >= 11 is 0. The van der Waals surface area contributed by atoms with E-state index in [9.17, 15) is 57.5 Å². The quantitative estimate of drug-likeness (QED) is 0.705. The third kappa shape index (κ3) is 5.29. The van der Waals surface area contributed by atoms with Gasteiger partial charge in [-0.05, 0) is 0 Å². The molecule has 0 aromatic heterocycles. The van der Waals surface area contributed by atoms with Gasteiger partial charge < -0.3 is 9.84 Å². The summed E-state index contributed by atoms with van der Waals surface area (Å²) in [6.07, 6.45) is -30.5. The lowest BCUT2D eigenvalue weighted by Crippen LogP contribution is -2.61. The van der Waals surface area contributed by atoms with Gasteiger partial charge in [-0.15, -0.1) is 0 Å². The van der Waals surface area contributed by atoms with Gasteiger partial charge in [0.2, 0.25) is 0 Å². The van der Waals surface area contributed by atoms with E-state index in [1.165, 1.54) is 0 Å². The molecule has 2 unspecified atom stereocenters. The minimum atomic E-state index is -7.02. The Labute approximate surface area is 122 Å². The zero-order valence-corrected chi connectivity index (χ0v) is 10.5. The first-order valence-electron chi connectivity index (χ1n) is 5.06. The van der Waals surface area contributed by atoms with Gasteiger partial charge in [0.05, 0.1) is 0 Å². The van der Waals surface area contributed by atoms with E-state index in [1.54, 1.807) is 0 Å². The van der Waals surface area contributed by atoms with Gasteiger partial charge in [0.25, 0.3) is 6.10 Å². The Balaban J connectivity index is 5.79. The van der Waals surface area contributed by atoms with E-state index >= 15 is 0 Å². The predicted molar refractivity (Wildman–Crippen MR) is 45.4 cm³/mol. The summed E-state index contributed by atoms with van der Waals surface area (Å²) in [5.41, 5.74) is 0. The smallest absolute Gasteiger partial charge is 0.457 e. The van der Waals surface area contributed by atoms with Crippen LogP contribution >= 0.6 is 0 Å². The standard InChI is InChI=1S/C8H4F12O4/c9-4(10,11)1-23-6(15,7(16,17)18)8(19,20)24-2(3(21)22)5(12,13)14/h2H,1H2,(H,21,22). The van der Waals surface area contributed by atoms with Crippen molar-refractivity contribution in [2.75, 3.05) is 6.61 Å². The molecule has 0 aliphatic rings. The second-order valence-corrected chi connectivity index (χ2v) is 3.89. The molecule has 4 nitrogen and oxygen atoms in total. The largest absolute Gasteiger partial charge is 0.479 e. The topological polar surface area (TPSA) is 55.8 Å². The fourth-order valence-corrected chi connectivity index (χ4v) is 0.993. The molecule has 0 aromatic rings. The first-order valence-corrected chi connectivity index (χ1v) is 5.06. The van der Waals surface area contributed by atoms with E-state index in [1.807, 2.05) is 0 Å². The van der Waals surface area contributed by atoms with E-state index in [4.69, 9.17) is 5.11 Å². The van der Waals surface area contributed by atoms with E-state index in [-0.39, 0.29) is 0 Å². The van der Waals surface area contributed by atoms with Gasteiger partial charge in [0.15, 0.2) is 0 Å². The van der Waals surface area contributed by atoms with Crippen molar-refractivity contribution < 1.29 is 72.1 Å². The summed E-state index contributed by atoms with van der Waals surface area (Å²) in [4.78, 5) is 10.1. The summed E-state index contributed by atoms with van der Waals surface area (Å²) in [6, 6.07) is 0. The van der Waals surface area contributed by atoms with E-state index < -0.39 is 49.2 Å². The summed E-state index contributed by atoms with van der Waals surface area (Å²) in [5, 5.41) is 8.00. The average molecular weight is 392 g/mol. The predicted octanol–water partition coefficient (Wildman–Crippen LogP) is 3.42. The second kappa shape index (κ2) is 6.45. The second-order valence-electron chi connectivity index (χ2n) is 3.89. The molecule has 24 heavy (non-hydrogen) atoms. The van der Waals surface area contributed by atoms with Crippen LogP contribution in [0.2, 0.25) is 0 Å². The SMILES string of the molecule is O=C(O)C(OC(F)(F)C(F)(OCC(F)(F)F)C(F)(F)F)C(F)(F)F. The Bertz CT molecular complexity index is 451. The first-order chi connectivity index (χ1) is 10.2. The van der Waals surface area contributed by atoms with Crippen LogP contribution in [0, 0.1) is 0 Å². The number of carboxylic acid groups (broad SMARTS) is 1. The molecule has 0 saturated carbocycles. The van der Waals surface area contributed by atoms with Gasteiger partial charge in [0, 0.05) is 0 Å². The minimum Gasteiger partial charge on any atom is -0.479 e. The van der Waals surface area contributed by atoms with Crippen LogP contribution in [-0.2, 0) is 14.3 Å². The zero-order valence-electron chi connectivity index (χ0n) is 10.5. The van der Waals surface area contributed by atoms with Crippen molar-refractivity contribution in [2.45, 2.75) is 36.6 Å². The van der Waals surface area contributed by atoms with Crippen molar-refractivity contribution in [3.8, 4) is 0 Å². The minimum absolute atomic E-state index is 2.28. The molecule has 0 aliphatic carbocycles. The molecule has 0 radical (unpaired) electrons. The van der Waals surface area contributed by atoms with Crippen molar-refractivity contribution in [2.24, 2.45) is 0 Å². The maximum Gasteiger partial charge on any atom is 0.457 e. The van der Waals surface area contributed by atoms with Crippen LogP contribution in [0.25, 0.3) is 0 Å². The van der Waals surface area contributed by atoms with Crippen molar-refractivity contribution in [3.05, 3.63) is 0 Å². The zero-order chi connectivity index (χ0) is 19.8. The third-order valence-corrected chi connectivity index (χ3v) is 1.96. The molecule has 0 fully saturated rings. The summed E-state index contributed by atoms with van der Waals surface area (Å²) in [7, 11) is 0. The number of hydrogen-bond acceptors (Lipinski definition) is 3. The summed E-state index contributed by atoms with van der Waals surface area (Å²) in [5.74, 6) is -10.0. The highest BCUT2D eigenvalue weighted by atomic mass is 19.4.